The molecule has 1 saturated carbocycles. The van der Waals surface area contributed by atoms with Gasteiger partial charge in [0.2, 0.25) is 23.6 Å². The Balaban J connectivity index is 1.46. The van der Waals surface area contributed by atoms with Crippen LogP contribution in [0.4, 0.5) is 4.39 Å². The van der Waals surface area contributed by atoms with Gasteiger partial charge < -0.3 is 34.6 Å². The van der Waals surface area contributed by atoms with E-state index >= 15 is 0 Å². The van der Waals surface area contributed by atoms with Crippen molar-refractivity contribution in [1.29, 1.82) is 0 Å². The minimum atomic E-state index is -1.40. The number of ketones is 1. The van der Waals surface area contributed by atoms with E-state index in [1.54, 1.807) is 36.9 Å². The molecule has 69 heavy (non-hydrogen) atoms. The third-order valence-corrected chi connectivity index (χ3v) is 14.9. The van der Waals surface area contributed by atoms with Crippen molar-refractivity contribution in [3.8, 4) is 0 Å². The number of nitrogens with one attached hydrogen (secondary N) is 1. The number of Topliss-reactive ketones (excluding diaryl/α,β-unsaturated/α-hetero) is 1. The highest BCUT2D eigenvalue weighted by Crippen LogP contribution is 2.56. The van der Waals surface area contributed by atoms with Crippen LogP contribution in [0.3, 0.4) is 0 Å². The van der Waals surface area contributed by atoms with Gasteiger partial charge in [0.15, 0.2) is 5.78 Å². The van der Waals surface area contributed by atoms with Crippen LogP contribution in [0.25, 0.3) is 0 Å². The number of rotatable bonds is 28. The fraction of sp³-hybridized carbons (Fsp3) is 0.692. The molecule has 1 aromatic carbocycles. The van der Waals surface area contributed by atoms with Gasteiger partial charge in [-0.2, -0.15) is 0 Å². The minimum absolute atomic E-state index is 0.0875. The van der Waals surface area contributed by atoms with Crippen LogP contribution in [0, 0.1) is 40.8 Å². The molecular formula is C52H78FN5O11. The standard InChI is InChI=1S/C52H78FN5O11/c1-12-33(6)47(56(9)50(65)36(31(2)3)27-40(59)46(32(4)5)55(8)42(60)20-14-13-17-25-57-43(61)21-22-44(57)62)41(68-10)28-45(63)58-30-52(23-24-52)29-39(58)48(69-11)34(7)49(64)54-38(51(66)67)26-35-18-15-16-19-37(35)53/h15-16,18-19,21-22,31-34,36,38-39,41,46-48H,12-14,17,20,23-30H2,1-11H3,(H,54,64)(H,66,67)/t33-,34+,36-,38-,39-,41+,46-,47-,48+/m0/s1. The van der Waals surface area contributed by atoms with E-state index in [0.29, 0.717) is 38.6 Å². The number of carbonyl (C=O) groups excluding carboxylic acids is 7. The molecule has 17 heteroatoms. The zero-order valence-corrected chi connectivity index (χ0v) is 42.7. The highest BCUT2D eigenvalue weighted by atomic mass is 19.1. The van der Waals surface area contributed by atoms with E-state index in [1.165, 1.54) is 54.4 Å². The first kappa shape index (κ1) is 56.6. The van der Waals surface area contributed by atoms with Crippen LogP contribution in [0.1, 0.15) is 118 Å². The number of carboxylic acid groups (broad SMARTS) is 1. The summed E-state index contributed by atoms with van der Waals surface area (Å²) in [6.45, 7) is 13.9. The SMILES string of the molecule is CC[C@H](C)[C@@H]([C@@H](CC(=O)N1CC2(CC2)C[C@H]1[C@H](OC)[C@@H](C)C(=O)N[C@@H](Cc1ccccc1F)C(=O)O)OC)N(C)C(=O)[C@@H](CC(=O)[C@H](C(C)C)N(C)C(=O)CCCCCN1C(=O)C=CC1=O)C(C)C. The zero-order chi connectivity index (χ0) is 51.5. The van der Waals surface area contributed by atoms with Crippen LogP contribution in [0.5, 0.6) is 0 Å². The molecule has 9 atom stereocenters. The van der Waals surface area contributed by atoms with Crippen LogP contribution < -0.4 is 5.32 Å². The Labute approximate surface area is 408 Å². The molecule has 0 radical (unpaired) electrons. The molecule has 2 fully saturated rings. The van der Waals surface area contributed by atoms with Gasteiger partial charge in [-0.1, -0.05) is 79.5 Å². The fourth-order valence-electron chi connectivity index (χ4n) is 10.4. The first-order chi connectivity index (χ1) is 32.5. The minimum Gasteiger partial charge on any atom is -0.480 e. The Morgan fingerprint density at radius 1 is 0.884 bits per heavy atom. The lowest BCUT2D eigenvalue weighted by atomic mass is 9.83. The van der Waals surface area contributed by atoms with Gasteiger partial charge in [-0.3, -0.25) is 38.5 Å². The lowest BCUT2D eigenvalue weighted by molar-refractivity contribution is -0.150. The van der Waals surface area contributed by atoms with Gasteiger partial charge in [0, 0.05) is 78.7 Å². The molecule has 16 nitrogen and oxygen atoms in total. The predicted molar refractivity (Wildman–Crippen MR) is 257 cm³/mol. The number of benzene rings is 1. The Hall–Kier alpha value is -5.03. The monoisotopic (exact) mass is 968 g/mol. The summed E-state index contributed by atoms with van der Waals surface area (Å²) in [6.07, 6.45) is 5.38. The summed E-state index contributed by atoms with van der Waals surface area (Å²) < 4.78 is 26.6. The largest absolute Gasteiger partial charge is 0.480 e. The molecule has 1 aliphatic carbocycles. The van der Waals surface area contributed by atoms with Crippen molar-refractivity contribution in [3.63, 3.8) is 0 Å². The number of likely N-dealkylation sites (N-methyl/N-ethyl adjacent to an activating group) is 2. The maximum Gasteiger partial charge on any atom is 0.326 e. The van der Waals surface area contributed by atoms with Crippen LogP contribution in [-0.4, -0.2) is 150 Å². The number of carbonyl (C=O) groups is 8. The molecule has 1 aromatic rings. The number of likely N-dealkylation sites (tertiary alicyclic amines) is 1. The summed E-state index contributed by atoms with van der Waals surface area (Å²) >= 11 is 0. The first-order valence-electron chi connectivity index (χ1n) is 24.7. The summed E-state index contributed by atoms with van der Waals surface area (Å²) in [5.41, 5.74) is 0.0191. The van der Waals surface area contributed by atoms with E-state index in [1.807, 2.05) is 41.5 Å². The van der Waals surface area contributed by atoms with Crippen LogP contribution >= 0.6 is 0 Å². The van der Waals surface area contributed by atoms with Gasteiger partial charge in [0.05, 0.1) is 42.7 Å². The number of amides is 6. The second kappa shape index (κ2) is 25.2. The maximum atomic E-state index is 14.7. The second-order valence-electron chi connectivity index (χ2n) is 20.5. The van der Waals surface area contributed by atoms with E-state index in [4.69, 9.17) is 9.47 Å². The van der Waals surface area contributed by atoms with Gasteiger partial charge in [0.1, 0.15) is 11.9 Å². The molecule has 1 spiro atoms. The summed E-state index contributed by atoms with van der Waals surface area (Å²) in [6, 6.07) is 2.52. The number of hydrogen-bond acceptors (Lipinski definition) is 10. The molecule has 3 aliphatic rings. The van der Waals surface area contributed by atoms with Crippen LogP contribution in [0.2, 0.25) is 0 Å². The molecule has 384 valence electrons. The molecule has 2 aliphatic heterocycles. The van der Waals surface area contributed by atoms with Gasteiger partial charge in [-0.15, -0.1) is 0 Å². The molecule has 0 bridgehead atoms. The van der Waals surface area contributed by atoms with Crippen LogP contribution in [-0.2, 0) is 54.3 Å². The van der Waals surface area contributed by atoms with Gasteiger partial charge in [0.25, 0.3) is 11.8 Å². The van der Waals surface area contributed by atoms with Crippen molar-refractivity contribution in [1.82, 2.24) is 24.9 Å². The number of imide groups is 1. The predicted octanol–water partition coefficient (Wildman–Crippen LogP) is 5.45. The number of halogens is 1. The van der Waals surface area contributed by atoms with Crippen molar-refractivity contribution in [2.45, 2.75) is 155 Å². The molecule has 2 N–H and O–H groups in total. The molecule has 0 aromatic heterocycles. The summed E-state index contributed by atoms with van der Waals surface area (Å²) in [7, 11) is 6.27. The number of unbranched alkanes of at least 4 members (excludes halogenated alkanes) is 2. The Morgan fingerprint density at radius 3 is 2.06 bits per heavy atom. The van der Waals surface area contributed by atoms with Crippen molar-refractivity contribution in [2.24, 2.45) is 35.0 Å². The Kier molecular flexibility index (Phi) is 20.7. The Morgan fingerprint density at radius 2 is 1.52 bits per heavy atom. The topological polar surface area (TPSA) is 200 Å². The number of nitrogens with zero attached hydrogens (tertiary/aromatic N) is 4. The third-order valence-electron chi connectivity index (χ3n) is 14.9. The number of methoxy groups -OCH3 is 2. The average molecular weight is 968 g/mol. The lowest BCUT2D eigenvalue weighted by Crippen LogP contribution is -2.55. The highest BCUT2D eigenvalue weighted by Gasteiger charge is 2.56. The van der Waals surface area contributed by atoms with E-state index in [-0.39, 0.29) is 96.3 Å². The second-order valence-corrected chi connectivity index (χ2v) is 20.5. The average Bonchev–Trinajstić information content (AvgIpc) is 3.85. The van der Waals surface area contributed by atoms with Crippen LogP contribution in [0.15, 0.2) is 36.4 Å². The third kappa shape index (κ3) is 14.3. The van der Waals surface area contributed by atoms with Crippen molar-refractivity contribution in [3.05, 3.63) is 47.8 Å². The maximum absolute atomic E-state index is 14.7. The summed E-state index contributed by atoms with van der Waals surface area (Å²) in [5, 5.41) is 12.6. The first-order valence-corrected chi connectivity index (χ1v) is 24.7. The summed E-state index contributed by atoms with van der Waals surface area (Å²) in [4.78, 5) is 113. The molecule has 1 saturated heterocycles. The molecular weight excluding hydrogens is 890 g/mol. The number of carboxylic acids is 1. The van der Waals surface area contributed by atoms with Crippen molar-refractivity contribution < 1.29 is 57.3 Å². The van der Waals surface area contributed by atoms with Gasteiger partial charge in [-0.25, -0.2) is 9.18 Å². The smallest absolute Gasteiger partial charge is 0.326 e. The van der Waals surface area contributed by atoms with Crippen molar-refractivity contribution in [2.75, 3.05) is 41.4 Å². The Bertz CT molecular complexity index is 2020. The van der Waals surface area contributed by atoms with E-state index < -0.39 is 65.9 Å². The number of hydrogen-bond donors (Lipinski definition) is 2. The van der Waals surface area contributed by atoms with E-state index in [9.17, 15) is 47.9 Å². The number of aliphatic carboxylic acids is 1. The number of ether oxygens (including phenoxy) is 2. The molecule has 6 amide bonds. The summed E-state index contributed by atoms with van der Waals surface area (Å²) in [5.74, 6) is -6.38. The quantitative estimate of drug-likeness (QED) is 0.0800. The van der Waals surface area contributed by atoms with E-state index in [0.717, 1.165) is 12.8 Å². The van der Waals surface area contributed by atoms with Gasteiger partial charge >= 0.3 is 5.97 Å². The molecule has 0 unspecified atom stereocenters. The fourth-order valence-corrected chi connectivity index (χ4v) is 10.4. The molecule has 4 rings (SSSR count). The van der Waals surface area contributed by atoms with Gasteiger partial charge in [-0.05, 0) is 66.9 Å². The van der Waals surface area contributed by atoms with Crippen molar-refractivity contribution >= 4 is 47.2 Å². The van der Waals surface area contributed by atoms with E-state index in [2.05, 4.69) is 5.32 Å². The molecule has 2 heterocycles. The highest BCUT2D eigenvalue weighted by molar-refractivity contribution is 6.12. The normalized spacial score (nSPS) is 19.8. The zero-order valence-electron chi connectivity index (χ0n) is 42.7. The lowest BCUT2D eigenvalue weighted by Gasteiger charge is -2.41.